The molecule has 1 nitrogen and oxygen atoms in total. The molecule has 0 fully saturated rings. The van der Waals surface area contributed by atoms with Crippen molar-refractivity contribution in [1.82, 2.24) is 0 Å². The molecule has 0 saturated heterocycles. The van der Waals surface area contributed by atoms with Gasteiger partial charge in [0.05, 0.1) is 6.61 Å². The molecule has 0 aliphatic rings. The lowest BCUT2D eigenvalue weighted by molar-refractivity contribution is 0.110. The molecule has 0 aliphatic carbocycles. The molecule has 1 rings (SSSR count). The zero-order chi connectivity index (χ0) is 12.0. The van der Waals surface area contributed by atoms with Crippen LogP contribution in [-0.4, -0.2) is 23.9 Å². The molecule has 0 spiro atoms. The van der Waals surface area contributed by atoms with Crippen LogP contribution in [0.3, 0.4) is 0 Å². The lowest BCUT2D eigenvalue weighted by Gasteiger charge is -2.30. The fourth-order valence-electron chi connectivity index (χ4n) is 1.47. The summed E-state index contributed by atoms with van der Waals surface area (Å²) < 4.78 is 5.57. The Hall–Kier alpha value is 0.430. The average molecular weight is 371 g/mol. The molecule has 1 aromatic carbocycles. The summed E-state index contributed by atoms with van der Waals surface area (Å²) in [7, 11) is 0. The van der Waals surface area contributed by atoms with Crippen LogP contribution in [0.15, 0.2) is 24.3 Å². The van der Waals surface area contributed by atoms with E-state index in [9.17, 15) is 0 Å². The van der Waals surface area contributed by atoms with Crippen molar-refractivity contribution in [2.45, 2.75) is 12.3 Å². The topological polar surface area (TPSA) is 9.23 Å². The van der Waals surface area contributed by atoms with Crippen LogP contribution in [-0.2, 0) is 10.2 Å². The second-order valence-corrected chi connectivity index (χ2v) is 5.25. The number of ether oxygens (including phenoxy) is 1. The van der Waals surface area contributed by atoms with E-state index < -0.39 is 0 Å². The van der Waals surface area contributed by atoms with E-state index in [0.29, 0.717) is 6.61 Å². The van der Waals surface area contributed by atoms with Gasteiger partial charge in [-0.1, -0.05) is 55.6 Å². The molecule has 0 N–H and O–H groups in total. The predicted octanol–water partition coefficient (Wildman–Crippen LogP) is 4.40. The SMILES string of the molecule is CCOCC(CBr)(CBr)c1cccc(Cl)c1. The molecule has 90 valence electrons. The van der Waals surface area contributed by atoms with Crippen LogP contribution in [0.1, 0.15) is 12.5 Å². The summed E-state index contributed by atoms with van der Waals surface area (Å²) in [4.78, 5) is 0. The summed E-state index contributed by atoms with van der Waals surface area (Å²) in [5.74, 6) is 0. The van der Waals surface area contributed by atoms with E-state index in [4.69, 9.17) is 16.3 Å². The number of hydrogen-bond donors (Lipinski definition) is 0. The van der Waals surface area contributed by atoms with Crippen molar-refractivity contribution >= 4 is 43.5 Å². The van der Waals surface area contributed by atoms with Crippen LogP contribution in [0.5, 0.6) is 0 Å². The average Bonchev–Trinajstić information content (AvgIpc) is 2.31. The molecule has 0 radical (unpaired) electrons. The molecule has 0 atom stereocenters. The highest BCUT2D eigenvalue weighted by molar-refractivity contribution is 9.09. The van der Waals surface area contributed by atoms with Crippen LogP contribution >= 0.6 is 43.5 Å². The molecule has 16 heavy (non-hydrogen) atoms. The minimum absolute atomic E-state index is 0.0547. The lowest BCUT2D eigenvalue weighted by atomic mass is 9.85. The molecule has 0 amide bonds. The van der Waals surface area contributed by atoms with E-state index in [1.54, 1.807) is 0 Å². The zero-order valence-electron chi connectivity index (χ0n) is 9.18. The summed E-state index contributed by atoms with van der Waals surface area (Å²) in [6.07, 6.45) is 0. The van der Waals surface area contributed by atoms with Crippen molar-refractivity contribution in [1.29, 1.82) is 0 Å². The van der Waals surface area contributed by atoms with Crippen molar-refractivity contribution in [3.63, 3.8) is 0 Å². The first-order chi connectivity index (χ1) is 7.68. The maximum absolute atomic E-state index is 6.03. The van der Waals surface area contributed by atoms with Crippen LogP contribution < -0.4 is 0 Å². The maximum Gasteiger partial charge on any atom is 0.0578 e. The van der Waals surface area contributed by atoms with Crippen molar-refractivity contribution in [3.05, 3.63) is 34.9 Å². The van der Waals surface area contributed by atoms with E-state index in [0.717, 1.165) is 22.3 Å². The summed E-state index contributed by atoms with van der Waals surface area (Å²) in [5.41, 5.74) is 1.14. The number of benzene rings is 1. The third-order valence-electron chi connectivity index (χ3n) is 2.53. The number of hydrogen-bond acceptors (Lipinski definition) is 1. The van der Waals surface area contributed by atoms with Gasteiger partial charge in [0.2, 0.25) is 0 Å². The molecule has 0 heterocycles. The second kappa shape index (κ2) is 7.00. The van der Waals surface area contributed by atoms with Gasteiger partial charge in [-0.05, 0) is 24.6 Å². The highest BCUT2D eigenvalue weighted by Crippen LogP contribution is 2.31. The van der Waals surface area contributed by atoms with Gasteiger partial charge in [-0.2, -0.15) is 0 Å². The summed E-state index contributed by atoms with van der Waals surface area (Å²) >= 11 is 13.2. The fraction of sp³-hybridized carbons (Fsp3) is 0.500. The van der Waals surface area contributed by atoms with Gasteiger partial charge in [0.25, 0.3) is 0 Å². The Labute approximate surface area is 119 Å². The first kappa shape index (κ1) is 14.5. The molecular formula is C12H15Br2ClO. The molecule has 0 saturated carbocycles. The number of alkyl halides is 2. The van der Waals surface area contributed by atoms with Crippen LogP contribution in [0.25, 0.3) is 0 Å². The third kappa shape index (κ3) is 3.46. The molecule has 1 aromatic rings. The normalized spacial score (nSPS) is 11.8. The van der Waals surface area contributed by atoms with Gasteiger partial charge in [-0.3, -0.25) is 0 Å². The van der Waals surface area contributed by atoms with E-state index >= 15 is 0 Å². The van der Waals surface area contributed by atoms with E-state index in [1.165, 1.54) is 5.56 Å². The fourth-order valence-corrected chi connectivity index (χ4v) is 3.56. The smallest absolute Gasteiger partial charge is 0.0578 e. The quantitative estimate of drug-likeness (QED) is 0.674. The molecule has 0 bridgehead atoms. The zero-order valence-corrected chi connectivity index (χ0v) is 13.1. The van der Waals surface area contributed by atoms with E-state index in [2.05, 4.69) is 37.9 Å². The largest absolute Gasteiger partial charge is 0.381 e. The van der Waals surface area contributed by atoms with Crippen molar-refractivity contribution in [2.24, 2.45) is 0 Å². The van der Waals surface area contributed by atoms with Gasteiger partial charge in [-0.15, -0.1) is 0 Å². The minimum Gasteiger partial charge on any atom is -0.381 e. The van der Waals surface area contributed by atoms with E-state index in [1.807, 2.05) is 25.1 Å². The second-order valence-electron chi connectivity index (χ2n) is 3.70. The van der Waals surface area contributed by atoms with Gasteiger partial charge in [-0.25, -0.2) is 0 Å². The molecule has 4 heteroatoms. The Morgan fingerprint density at radius 3 is 2.50 bits per heavy atom. The van der Waals surface area contributed by atoms with Gasteiger partial charge in [0.15, 0.2) is 0 Å². The van der Waals surface area contributed by atoms with Crippen molar-refractivity contribution in [3.8, 4) is 0 Å². The lowest BCUT2D eigenvalue weighted by Crippen LogP contribution is -2.35. The third-order valence-corrected chi connectivity index (χ3v) is 4.91. The van der Waals surface area contributed by atoms with Gasteiger partial charge in [0, 0.05) is 27.7 Å². The number of halogens is 3. The van der Waals surface area contributed by atoms with Crippen LogP contribution in [0, 0.1) is 0 Å². The first-order valence-corrected chi connectivity index (χ1v) is 7.76. The minimum atomic E-state index is -0.0547. The van der Waals surface area contributed by atoms with Gasteiger partial charge >= 0.3 is 0 Å². The summed E-state index contributed by atoms with van der Waals surface area (Å²) in [5, 5.41) is 2.44. The molecule has 0 aromatic heterocycles. The predicted molar refractivity (Wildman–Crippen MR) is 77.2 cm³/mol. The summed E-state index contributed by atoms with van der Waals surface area (Å²) in [6.45, 7) is 3.41. The Balaban J connectivity index is 2.99. The van der Waals surface area contributed by atoms with Crippen molar-refractivity contribution in [2.75, 3.05) is 23.9 Å². The monoisotopic (exact) mass is 368 g/mol. The highest BCUT2D eigenvalue weighted by atomic mass is 79.9. The highest BCUT2D eigenvalue weighted by Gasteiger charge is 2.30. The maximum atomic E-state index is 6.03. The van der Waals surface area contributed by atoms with Gasteiger partial charge in [0.1, 0.15) is 0 Å². The molecule has 0 aliphatic heterocycles. The van der Waals surface area contributed by atoms with E-state index in [-0.39, 0.29) is 5.41 Å². The van der Waals surface area contributed by atoms with Crippen molar-refractivity contribution < 1.29 is 4.74 Å². The Morgan fingerprint density at radius 2 is 2.00 bits per heavy atom. The first-order valence-electron chi connectivity index (χ1n) is 5.14. The molecule has 0 unspecified atom stereocenters. The molecular weight excluding hydrogens is 355 g/mol. The summed E-state index contributed by atoms with van der Waals surface area (Å²) in [6, 6.07) is 7.96. The van der Waals surface area contributed by atoms with Crippen LogP contribution in [0.2, 0.25) is 5.02 Å². The standard InChI is InChI=1S/C12H15Br2ClO/c1-2-16-9-12(7-13,8-14)10-4-3-5-11(15)6-10/h3-6H,2,7-9H2,1H3. The Morgan fingerprint density at radius 1 is 1.31 bits per heavy atom. The Kier molecular flexibility index (Phi) is 6.34. The number of rotatable bonds is 6. The Bertz CT molecular complexity index is 327. The van der Waals surface area contributed by atoms with Crippen LogP contribution in [0.4, 0.5) is 0 Å². The van der Waals surface area contributed by atoms with Gasteiger partial charge < -0.3 is 4.74 Å².